The maximum atomic E-state index is 6.00. The second-order valence-electron chi connectivity index (χ2n) is 4.14. The Hall–Kier alpha value is -0.0900. The molecule has 0 radical (unpaired) electrons. The van der Waals surface area contributed by atoms with Gasteiger partial charge in [-0.3, -0.25) is 4.90 Å². The fourth-order valence-electron chi connectivity index (χ4n) is 2.05. The Morgan fingerprint density at radius 3 is 2.69 bits per heavy atom. The van der Waals surface area contributed by atoms with Crippen molar-refractivity contribution in [3.8, 4) is 0 Å². The molecule has 1 aromatic carbocycles. The van der Waals surface area contributed by atoms with Gasteiger partial charge in [0.2, 0.25) is 0 Å². The van der Waals surface area contributed by atoms with Crippen LogP contribution in [0.4, 0.5) is 0 Å². The normalized spacial score (nSPS) is 19.7. The summed E-state index contributed by atoms with van der Waals surface area (Å²) in [4.78, 5) is 2.49. The summed E-state index contributed by atoms with van der Waals surface area (Å²) in [5, 5.41) is 4.14. The SMILES string of the molecule is C[C@H](c1ccc(Cl)c(Br)c1)N1CCNCC1. The van der Waals surface area contributed by atoms with Gasteiger partial charge in [0.05, 0.1) is 5.02 Å². The molecule has 1 atom stereocenters. The number of rotatable bonds is 2. The molecule has 88 valence electrons. The lowest BCUT2D eigenvalue weighted by atomic mass is 10.1. The van der Waals surface area contributed by atoms with Gasteiger partial charge in [0, 0.05) is 36.7 Å². The molecule has 16 heavy (non-hydrogen) atoms. The van der Waals surface area contributed by atoms with E-state index < -0.39 is 0 Å². The summed E-state index contributed by atoms with van der Waals surface area (Å²) in [6.45, 7) is 6.64. The molecule has 1 N–H and O–H groups in total. The lowest BCUT2D eigenvalue weighted by Crippen LogP contribution is -2.44. The van der Waals surface area contributed by atoms with Crippen LogP contribution in [0.1, 0.15) is 18.5 Å². The zero-order valence-corrected chi connectivity index (χ0v) is 11.7. The Morgan fingerprint density at radius 2 is 2.06 bits per heavy atom. The van der Waals surface area contributed by atoms with E-state index in [1.807, 2.05) is 6.07 Å². The zero-order valence-electron chi connectivity index (χ0n) is 9.34. The third-order valence-electron chi connectivity index (χ3n) is 3.13. The van der Waals surface area contributed by atoms with Crippen LogP contribution in [-0.4, -0.2) is 31.1 Å². The van der Waals surface area contributed by atoms with Gasteiger partial charge in [-0.15, -0.1) is 0 Å². The van der Waals surface area contributed by atoms with Gasteiger partial charge in [-0.1, -0.05) is 17.7 Å². The van der Waals surface area contributed by atoms with E-state index >= 15 is 0 Å². The molecule has 1 aliphatic rings. The average Bonchev–Trinajstić information content (AvgIpc) is 2.33. The summed E-state index contributed by atoms with van der Waals surface area (Å²) in [7, 11) is 0. The van der Waals surface area contributed by atoms with E-state index in [0.717, 1.165) is 35.7 Å². The average molecular weight is 304 g/mol. The molecule has 2 rings (SSSR count). The summed E-state index contributed by atoms with van der Waals surface area (Å²) in [5.74, 6) is 0. The molecule has 0 aromatic heterocycles. The van der Waals surface area contributed by atoms with Crippen LogP contribution >= 0.6 is 27.5 Å². The first-order valence-electron chi connectivity index (χ1n) is 5.58. The largest absolute Gasteiger partial charge is 0.314 e. The fourth-order valence-corrected chi connectivity index (χ4v) is 2.57. The molecule has 1 fully saturated rings. The number of piperazine rings is 1. The highest BCUT2D eigenvalue weighted by Crippen LogP contribution is 2.28. The molecule has 0 bridgehead atoms. The maximum Gasteiger partial charge on any atom is 0.0548 e. The minimum atomic E-state index is 0.454. The van der Waals surface area contributed by atoms with Crippen LogP contribution in [0.15, 0.2) is 22.7 Å². The summed E-state index contributed by atoms with van der Waals surface area (Å²) in [6, 6.07) is 6.64. The first kappa shape index (κ1) is 12.4. The van der Waals surface area contributed by atoms with E-state index in [2.05, 4.69) is 45.2 Å². The molecule has 1 aliphatic heterocycles. The number of halogens is 2. The quantitative estimate of drug-likeness (QED) is 0.903. The minimum absolute atomic E-state index is 0.454. The van der Waals surface area contributed by atoms with Gasteiger partial charge in [0.15, 0.2) is 0 Å². The first-order valence-corrected chi connectivity index (χ1v) is 6.75. The van der Waals surface area contributed by atoms with Crippen LogP contribution in [0.5, 0.6) is 0 Å². The van der Waals surface area contributed by atoms with Crippen molar-refractivity contribution in [2.24, 2.45) is 0 Å². The van der Waals surface area contributed by atoms with Crippen molar-refractivity contribution in [1.29, 1.82) is 0 Å². The third-order valence-corrected chi connectivity index (χ3v) is 4.34. The molecule has 1 heterocycles. The fraction of sp³-hybridized carbons (Fsp3) is 0.500. The van der Waals surface area contributed by atoms with Gasteiger partial charge >= 0.3 is 0 Å². The van der Waals surface area contributed by atoms with E-state index in [-0.39, 0.29) is 0 Å². The summed E-state index contributed by atoms with van der Waals surface area (Å²) in [6.07, 6.45) is 0. The molecular formula is C12H16BrClN2. The van der Waals surface area contributed by atoms with Gasteiger partial charge in [0.1, 0.15) is 0 Å². The van der Waals surface area contributed by atoms with Crippen molar-refractivity contribution >= 4 is 27.5 Å². The Balaban J connectivity index is 2.12. The zero-order chi connectivity index (χ0) is 11.5. The monoisotopic (exact) mass is 302 g/mol. The minimum Gasteiger partial charge on any atom is -0.314 e. The van der Waals surface area contributed by atoms with Crippen molar-refractivity contribution in [2.75, 3.05) is 26.2 Å². The standard InChI is InChI=1S/C12H16BrClN2/c1-9(16-6-4-15-5-7-16)10-2-3-12(14)11(13)8-10/h2-3,8-9,15H,4-7H2,1H3/t9-/m1/s1. The first-order chi connectivity index (χ1) is 7.68. The van der Waals surface area contributed by atoms with E-state index in [0.29, 0.717) is 6.04 Å². The van der Waals surface area contributed by atoms with Crippen molar-refractivity contribution in [3.63, 3.8) is 0 Å². The van der Waals surface area contributed by atoms with Crippen molar-refractivity contribution in [3.05, 3.63) is 33.3 Å². The topological polar surface area (TPSA) is 15.3 Å². The highest BCUT2D eigenvalue weighted by atomic mass is 79.9. The highest BCUT2D eigenvalue weighted by molar-refractivity contribution is 9.10. The van der Waals surface area contributed by atoms with Gasteiger partial charge in [-0.05, 0) is 40.5 Å². The predicted octanol–water partition coefficient (Wildman–Crippen LogP) is 3.07. The molecule has 0 unspecified atom stereocenters. The Kier molecular flexibility index (Phi) is 4.25. The second-order valence-corrected chi connectivity index (χ2v) is 5.40. The highest BCUT2D eigenvalue weighted by Gasteiger charge is 2.18. The van der Waals surface area contributed by atoms with E-state index in [1.165, 1.54) is 5.56 Å². The summed E-state index contributed by atoms with van der Waals surface area (Å²) >= 11 is 9.48. The van der Waals surface area contributed by atoms with Crippen molar-refractivity contribution < 1.29 is 0 Å². The Morgan fingerprint density at radius 1 is 1.38 bits per heavy atom. The van der Waals surface area contributed by atoms with Gasteiger partial charge < -0.3 is 5.32 Å². The van der Waals surface area contributed by atoms with E-state index in [1.54, 1.807) is 0 Å². The number of hydrogen-bond acceptors (Lipinski definition) is 2. The van der Waals surface area contributed by atoms with Crippen LogP contribution < -0.4 is 5.32 Å². The predicted molar refractivity (Wildman–Crippen MR) is 72.0 cm³/mol. The molecule has 4 heteroatoms. The number of nitrogens with one attached hydrogen (secondary N) is 1. The van der Waals surface area contributed by atoms with Crippen LogP contribution in [0.2, 0.25) is 5.02 Å². The summed E-state index contributed by atoms with van der Waals surface area (Å²) in [5.41, 5.74) is 1.32. The van der Waals surface area contributed by atoms with Crippen LogP contribution in [0, 0.1) is 0 Å². The Bertz CT molecular complexity index is 364. The van der Waals surface area contributed by atoms with E-state index in [4.69, 9.17) is 11.6 Å². The number of nitrogens with zero attached hydrogens (tertiary/aromatic N) is 1. The molecule has 1 saturated heterocycles. The van der Waals surface area contributed by atoms with Crippen LogP contribution in [0.25, 0.3) is 0 Å². The molecule has 1 aromatic rings. The smallest absolute Gasteiger partial charge is 0.0548 e. The Labute approximate surface area is 110 Å². The van der Waals surface area contributed by atoms with Crippen molar-refractivity contribution in [1.82, 2.24) is 10.2 Å². The molecule has 2 nitrogen and oxygen atoms in total. The van der Waals surface area contributed by atoms with Gasteiger partial charge in [-0.25, -0.2) is 0 Å². The summed E-state index contributed by atoms with van der Waals surface area (Å²) < 4.78 is 0.980. The number of benzene rings is 1. The third kappa shape index (κ3) is 2.77. The lowest BCUT2D eigenvalue weighted by Gasteiger charge is -2.33. The molecule has 0 saturated carbocycles. The van der Waals surface area contributed by atoms with E-state index in [9.17, 15) is 0 Å². The van der Waals surface area contributed by atoms with Gasteiger partial charge in [-0.2, -0.15) is 0 Å². The van der Waals surface area contributed by atoms with Crippen LogP contribution in [-0.2, 0) is 0 Å². The van der Waals surface area contributed by atoms with Crippen LogP contribution in [0.3, 0.4) is 0 Å². The molecule has 0 spiro atoms. The molecule has 0 aliphatic carbocycles. The second kappa shape index (κ2) is 5.50. The lowest BCUT2D eigenvalue weighted by molar-refractivity contribution is 0.185. The molecule has 0 amide bonds. The van der Waals surface area contributed by atoms with Crippen molar-refractivity contribution in [2.45, 2.75) is 13.0 Å². The van der Waals surface area contributed by atoms with Gasteiger partial charge in [0.25, 0.3) is 0 Å². The maximum absolute atomic E-state index is 6.00. The molecular weight excluding hydrogens is 288 g/mol. The number of hydrogen-bond donors (Lipinski definition) is 1.